The van der Waals surface area contributed by atoms with Crippen LogP contribution in [0.25, 0.3) is 0 Å². The lowest BCUT2D eigenvalue weighted by molar-refractivity contribution is 0.145. The average Bonchev–Trinajstić information content (AvgIpc) is 2.78. The summed E-state index contributed by atoms with van der Waals surface area (Å²) >= 11 is 0. The molecule has 1 atom stereocenters. The third kappa shape index (κ3) is 6.18. The zero-order chi connectivity index (χ0) is 13.2. The number of nitrogens with two attached hydrogens (primary N) is 1. The van der Waals surface area contributed by atoms with Crippen LogP contribution in [0.15, 0.2) is 4.99 Å². The number of rotatable bonds is 7. The Balaban J connectivity index is 2.14. The molecule has 1 aliphatic rings. The number of aliphatic imine (C=N–C) groups is 1. The molecular weight excluding hydrogens is 230 g/mol. The highest BCUT2D eigenvalue weighted by Gasteiger charge is 2.18. The monoisotopic (exact) mass is 257 g/mol. The van der Waals surface area contributed by atoms with Crippen molar-refractivity contribution < 1.29 is 4.74 Å². The molecule has 0 aromatic carbocycles. The molecule has 4 N–H and O–H groups in total. The fourth-order valence-corrected chi connectivity index (χ4v) is 2.07. The molecule has 0 aromatic rings. The van der Waals surface area contributed by atoms with Gasteiger partial charge in [0.05, 0.1) is 0 Å². The van der Waals surface area contributed by atoms with Crippen LogP contribution in [0.2, 0.25) is 0 Å². The molecule has 1 aliphatic heterocycles. The lowest BCUT2D eigenvalue weighted by atomic mass is 10.1. The van der Waals surface area contributed by atoms with Crippen LogP contribution in [0.5, 0.6) is 0 Å². The first kappa shape index (κ1) is 15.2. The normalized spacial score (nSPS) is 21.3. The van der Waals surface area contributed by atoms with Crippen molar-refractivity contribution in [3.63, 3.8) is 0 Å². The second-order valence-corrected chi connectivity index (χ2v) is 4.73. The minimum Gasteiger partial charge on any atom is -0.382 e. The minimum atomic E-state index is 0.656. The van der Waals surface area contributed by atoms with Crippen LogP contribution in [0.3, 0.4) is 0 Å². The van der Waals surface area contributed by atoms with Crippen molar-refractivity contribution in [3.05, 3.63) is 0 Å². The van der Waals surface area contributed by atoms with Crippen molar-refractivity contribution in [2.24, 2.45) is 16.8 Å². The van der Waals surface area contributed by atoms with Crippen molar-refractivity contribution in [2.75, 3.05) is 46.4 Å². The standard InChI is InChI=1S/C12H27N5O/c1-3-18-8-4-6-14-12(16-13)15-9-11-5-7-17(2)10-11/h11H,3-10,13H2,1-2H3,(H2,14,15,16). The highest BCUT2D eigenvalue weighted by atomic mass is 16.5. The number of ether oxygens (including phenoxy) is 1. The molecule has 0 saturated carbocycles. The van der Waals surface area contributed by atoms with Crippen molar-refractivity contribution in [3.8, 4) is 0 Å². The quantitative estimate of drug-likeness (QED) is 0.193. The maximum atomic E-state index is 5.44. The summed E-state index contributed by atoms with van der Waals surface area (Å²) in [5.74, 6) is 6.78. The van der Waals surface area contributed by atoms with Crippen molar-refractivity contribution in [1.82, 2.24) is 15.6 Å². The molecule has 1 fully saturated rings. The van der Waals surface area contributed by atoms with E-state index >= 15 is 0 Å². The van der Waals surface area contributed by atoms with E-state index in [1.165, 1.54) is 13.0 Å². The van der Waals surface area contributed by atoms with E-state index in [9.17, 15) is 0 Å². The fourth-order valence-electron chi connectivity index (χ4n) is 2.07. The summed E-state index contributed by atoms with van der Waals surface area (Å²) in [6, 6.07) is 0. The second kappa shape index (κ2) is 9.13. The first-order valence-electron chi connectivity index (χ1n) is 6.77. The van der Waals surface area contributed by atoms with E-state index < -0.39 is 0 Å². The van der Waals surface area contributed by atoms with Crippen molar-refractivity contribution in [2.45, 2.75) is 19.8 Å². The van der Waals surface area contributed by atoms with Gasteiger partial charge in [0.25, 0.3) is 0 Å². The van der Waals surface area contributed by atoms with Crippen LogP contribution in [0.4, 0.5) is 0 Å². The molecule has 6 heteroatoms. The first-order valence-corrected chi connectivity index (χ1v) is 6.77. The van der Waals surface area contributed by atoms with Gasteiger partial charge in [-0.05, 0) is 39.3 Å². The van der Waals surface area contributed by atoms with Gasteiger partial charge in [-0.25, -0.2) is 5.84 Å². The maximum absolute atomic E-state index is 5.44. The molecule has 1 saturated heterocycles. The van der Waals surface area contributed by atoms with Crippen molar-refractivity contribution >= 4 is 5.96 Å². The Morgan fingerprint density at radius 1 is 1.56 bits per heavy atom. The number of hydrazine groups is 1. The lowest BCUT2D eigenvalue weighted by Gasteiger charge is -2.11. The topological polar surface area (TPSA) is 74.9 Å². The van der Waals surface area contributed by atoms with Gasteiger partial charge >= 0.3 is 0 Å². The summed E-state index contributed by atoms with van der Waals surface area (Å²) in [6.07, 6.45) is 2.18. The Morgan fingerprint density at radius 3 is 3.00 bits per heavy atom. The van der Waals surface area contributed by atoms with Gasteiger partial charge in [-0.3, -0.25) is 10.4 Å². The molecule has 0 aromatic heterocycles. The second-order valence-electron chi connectivity index (χ2n) is 4.73. The minimum absolute atomic E-state index is 0.656. The smallest absolute Gasteiger partial charge is 0.205 e. The van der Waals surface area contributed by atoms with Crippen LogP contribution < -0.4 is 16.6 Å². The predicted molar refractivity (Wildman–Crippen MR) is 74.3 cm³/mol. The number of nitrogens with one attached hydrogen (secondary N) is 2. The summed E-state index contributed by atoms with van der Waals surface area (Å²) in [7, 11) is 2.15. The van der Waals surface area contributed by atoms with E-state index in [1.54, 1.807) is 0 Å². The van der Waals surface area contributed by atoms with Crippen molar-refractivity contribution in [1.29, 1.82) is 0 Å². The van der Waals surface area contributed by atoms with Gasteiger partial charge in [0.2, 0.25) is 5.96 Å². The number of nitrogens with zero attached hydrogens (tertiary/aromatic N) is 2. The molecule has 0 amide bonds. The van der Waals surface area contributed by atoms with E-state index in [-0.39, 0.29) is 0 Å². The summed E-state index contributed by atoms with van der Waals surface area (Å²) in [5.41, 5.74) is 2.61. The van der Waals surface area contributed by atoms with E-state index in [4.69, 9.17) is 10.6 Å². The van der Waals surface area contributed by atoms with E-state index in [1.807, 2.05) is 6.92 Å². The maximum Gasteiger partial charge on any atom is 0.205 e. The van der Waals surface area contributed by atoms with Gasteiger partial charge in [-0.2, -0.15) is 0 Å². The summed E-state index contributed by atoms with van der Waals surface area (Å²) < 4.78 is 5.26. The molecule has 0 radical (unpaired) electrons. The predicted octanol–water partition coefficient (Wildman–Crippen LogP) is -0.226. The van der Waals surface area contributed by atoms with Crippen LogP contribution in [-0.4, -0.2) is 57.3 Å². The fraction of sp³-hybridized carbons (Fsp3) is 0.917. The Labute approximate surface area is 110 Å². The average molecular weight is 257 g/mol. The van der Waals surface area contributed by atoms with Gasteiger partial charge in [-0.1, -0.05) is 0 Å². The molecule has 1 heterocycles. The Bertz CT molecular complexity index is 247. The van der Waals surface area contributed by atoms with E-state index in [0.29, 0.717) is 11.9 Å². The molecule has 0 spiro atoms. The van der Waals surface area contributed by atoms with Crippen LogP contribution in [0, 0.1) is 5.92 Å². The van der Waals surface area contributed by atoms with Gasteiger partial charge in [-0.15, -0.1) is 0 Å². The third-order valence-electron chi connectivity index (χ3n) is 3.10. The SMILES string of the molecule is CCOCCCNC(=NCC1CCN(C)C1)NN. The molecule has 0 aliphatic carbocycles. The van der Waals surface area contributed by atoms with E-state index in [2.05, 4.69) is 27.7 Å². The molecule has 6 nitrogen and oxygen atoms in total. The number of hydrogen-bond acceptors (Lipinski definition) is 4. The summed E-state index contributed by atoms with van der Waals surface area (Å²) in [5, 5.41) is 3.18. The van der Waals surface area contributed by atoms with Gasteiger partial charge in [0.1, 0.15) is 0 Å². The highest BCUT2D eigenvalue weighted by Crippen LogP contribution is 2.13. The summed E-state index contributed by atoms with van der Waals surface area (Å²) in [4.78, 5) is 6.82. The van der Waals surface area contributed by atoms with Gasteiger partial charge < -0.3 is 15.0 Å². The number of guanidine groups is 1. The lowest BCUT2D eigenvalue weighted by Crippen LogP contribution is -2.42. The zero-order valence-corrected chi connectivity index (χ0v) is 11.6. The molecular formula is C12H27N5O. The zero-order valence-electron chi connectivity index (χ0n) is 11.6. The van der Waals surface area contributed by atoms with Crippen LogP contribution in [-0.2, 0) is 4.74 Å². The van der Waals surface area contributed by atoms with Crippen LogP contribution >= 0.6 is 0 Å². The number of likely N-dealkylation sites (tertiary alicyclic amines) is 1. The molecule has 106 valence electrons. The molecule has 18 heavy (non-hydrogen) atoms. The molecule has 1 unspecified atom stereocenters. The third-order valence-corrected chi connectivity index (χ3v) is 3.10. The largest absolute Gasteiger partial charge is 0.382 e. The number of hydrogen-bond donors (Lipinski definition) is 3. The molecule has 0 bridgehead atoms. The highest BCUT2D eigenvalue weighted by molar-refractivity contribution is 5.79. The summed E-state index contributed by atoms with van der Waals surface area (Å²) in [6.45, 7) is 7.51. The Hall–Kier alpha value is -0.850. The Morgan fingerprint density at radius 2 is 2.39 bits per heavy atom. The van der Waals surface area contributed by atoms with Gasteiger partial charge in [0.15, 0.2) is 0 Å². The van der Waals surface area contributed by atoms with Gasteiger partial charge in [0, 0.05) is 32.8 Å². The van der Waals surface area contributed by atoms with Crippen LogP contribution in [0.1, 0.15) is 19.8 Å². The Kier molecular flexibility index (Phi) is 7.71. The van der Waals surface area contributed by atoms with E-state index in [0.717, 1.165) is 39.3 Å². The first-order chi connectivity index (χ1) is 8.76. The molecule has 1 rings (SSSR count).